The van der Waals surface area contributed by atoms with Crippen LogP contribution in [0.25, 0.3) is 0 Å². The lowest BCUT2D eigenvalue weighted by Crippen LogP contribution is -2.41. The van der Waals surface area contributed by atoms with Gasteiger partial charge in [-0.2, -0.15) is 0 Å². The number of carbonyl (C=O) groups excluding carboxylic acids is 1. The summed E-state index contributed by atoms with van der Waals surface area (Å²) in [7, 11) is -3.11. The highest BCUT2D eigenvalue weighted by molar-refractivity contribution is 7.91. The normalized spacial score (nSPS) is 19.8. The highest BCUT2D eigenvalue weighted by Crippen LogP contribution is 2.24. The Hall–Kier alpha value is -2.09. The fourth-order valence-electron chi connectivity index (χ4n) is 2.89. The first kappa shape index (κ1) is 15.8. The van der Waals surface area contributed by atoms with Crippen LogP contribution in [-0.2, 0) is 16.4 Å². The molecule has 7 nitrogen and oxygen atoms in total. The second kappa shape index (κ2) is 5.84. The number of sulfone groups is 1. The van der Waals surface area contributed by atoms with E-state index in [1.54, 1.807) is 30.9 Å². The van der Waals surface area contributed by atoms with Gasteiger partial charge in [-0.25, -0.2) is 8.42 Å². The molecule has 23 heavy (non-hydrogen) atoms. The van der Waals surface area contributed by atoms with Gasteiger partial charge in [-0.15, -0.1) is 0 Å². The molecule has 3 heterocycles. The molecule has 0 aromatic carbocycles. The molecule has 0 spiro atoms. The Kier molecular flexibility index (Phi) is 4.01. The maximum Gasteiger partial charge on any atom is 0.260 e. The van der Waals surface area contributed by atoms with Gasteiger partial charge in [-0.05, 0) is 32.4 Å². The fraction of sp³-hybridized carbons (Fsp3) is 0.467. The van der Waals surface area contributed by atoms with Crippen molar-refractivity contribution < 1.29 is 22.2 Å². The Labute approximate surface area is 134 Å². The zero-order valence-electron chi connectivity index (χ0n) is 13.0. The molecule has 2 aromatic rings. The molecule has 0 N–H and O–H groups in total. The lowest BCUT2D eigenvalue weighted by molar-refractivity contribution is 0.0663. The van der Waals surface area contributed by atoms with Gasteiger partial charge in [0.1, 0.15) is 17.1 Å². The molecule has 0 saturated carbocycles. The quantitative estimate of drug-likeness (QED) is 0.842. The minimum absolute atomic E-state index is 0.0250. The monoisotopic (exact) mass is 338 g/mol. The molecular weight excluding hydrogens is 320 g/mol. The Morgan fingerprint density at radius 2 is 2.22 bits per heavy atom. The molecule has 1 atom stereocenters. The van der Waals surface area contributed by atoms with Crippen molar-refractivity contribution in [3.8, 4) is 0 Å². The molecule has 0 aliphatic carbocycles. The number of amides is 1. The smallest absolute Gasteiger partial charge is 0.260 e. The third-order valence-corrected chi connectivity index (χ3v) is 5.81. The van der Waals surface area contributed by atoms with E-state index in [4.69, 9.17) is 8.94 Å². The molecule has 0 bridgehead atoms. The van der Waals surface area contributed by atoms with Gasteiger partial charge in [0.25, 0.3) is 5.91 Å². The highest BCUT2D eigenvalue weighted by Gasteiger charge is 2.37. The summed E-state index contributed by atoms with van der Waals surface area (Å²) in [6, 6.07) is 3.13. The number of aromatic nitrogens is 1. The molecule has 2 aromatic heterocycles. The fourth-order valence-corrected chi connectivity index (χ4v) is 4.62. The van der Waals surface area contributed by atoms with Crippen LogP contribution in [0.4, 0.5) is 0 Å². The maximum absolute atomic E-state index is 13.0. The molecule has 3 rings (SSSR count). The molecule has 1 saturated heterocycles. The van der Waals surface area contributed by atoms with Gasteiger partial charge in [-0.1, -0.05) is 5.16 Å². The number of nitrogens with zero attached hydrogens (tertiary/aromatic N) is 2. The molecule has 1 amide bonds. The third-order valence-electron chi connectivity index (χ3n) is 4.06. The molecule has 0 radical (unpaired) electrons. The molecular formula is C15H18N2O5S. The summed E-state index contributed by atoms with van der Waals surface area (Å²) in [5.41, 5.74) is 0.888. The van der Waals surface area contributed by atoms with E-state index in [1.807, 2.05) is 0 Å². The summed E-state index contributed by atoms with van der Waals surface area (Å²) in [5, 5.41) is 3.81. The van der Waals surface area contributed by atoms with Crippen molar-refractivity contribution in [3.05, 3.63) is 41.2 Å². The van der Waals surface area contributed by atoms with Crippen molar-refractivity contribution in [1.82, 2.24) is 10.1 Å². The van der Waals surface area contributed by atoms with E-state index in [1.165, 1.54) is 6.26 Å². The van der Waals surface area contributed by atoms with Crippen LogP contribution in [0, 0.1) is 13.8 Å². The second-order valence-electron chi connectivity index (χ2n) is 5.77. The SMILES string of the molecule is Cc1noc(C)c1C(=O)N(Cc1ccco1)[C@@H]1CCS(=O)(=O)C1. The van der Waals surface area contributed by atoms with Crippen LogP contribution >= 0.6 is 0 Å². The van der Waals surface area contributed by atoms with Gasteiger partial charge < -0.3 is 13.8 Å². The predicted molar refractivity (Wildman–Crippen MR) is 81.6 cm³/mol. The standard InChI is InChI=1S/C15H18N2O5S/c1-10-14(11(2)22-16-10)15(18)17(8-13-4-3-6-21-13)12-5-7-23(19,20)9-12/h3-4,6,12H,5,7-9H2,1-2H3/t12-/m1/s1. The Balaban J connectivity index is 1.93. The first-order valence-corrected chi connectivity index (χ1v) is 9.16. The summed E-state index contributed by atoms with van der Waals surface area (Å²) in [5.74, 6) is 0.830. The first-order valence-electron chi connectivity index (χ1n) is 7.34. The third kappa shape index (κ3) is 3.17. The zero-order valence-corrected chi connectivity index (χ0v) is 13.8. The van der Waals surface area contributed by atoms with Crippen molar-refractivity contribution in [2.24, 2.45) is 0 Å². The minimum atomic E-state index is -3.11. The summed E-state index contributed by atoms with van der Waals surface area (Å²) >= 11 is 0. The predicted octanol–water partition coefficient (Wildman–Crippen LogP) is 1.71. The van der Waals surface area contributed by atoms with Gasteiger partial charge in [0, 0.05) is 6.04 Å². The van der Waals surface area contributed by atoms with Crippen molar-refractivity contribution in [1.29, 1.82) is 0 Å². The number of hydrogen-bond donors (Lipinski definition) is 0. The zero-order chi connectivity index (χ0) is 16.6. The first-order chi connectivity index (χ1) is 10.9. The van der Waals surface area contributed by atoms with Crippen LogP contribution in [0.15, 0.2) is 27.3 Å². The van der Waals surface area contributed by atoms with E-state index in [0.717, 1.165) is 0 Å². The van der Waals surface area contributed by atoms with Crippen LogP contribution in [-0.4, -0.2) is 41.9 Å². The van der Waals surface area contributed by atoms with E-state index in [-0.39, 0.29) is 30.0 Å². The lowest BCUT2D eigenvalue weighted by Gasteiger charge is -2.27. The molecule has 8 heteroatoms. The Morgan fingerprint density at radius 1 is 1.43 bits per heavy atom. The van der Waals surface area contributed by atoms with E-state index in [0.29, 0.717) is 29.2 Å². The van der Waals surface area contributed by atoms with Gasteiger partial charge in [0.05, 0.1) is 30.0 Å². The average Bonchev–Trinajstić information content (AvgIpc) is 3.18. The molecule has 124 valence electrons. The van der Waals surface area contributed by atoms with E-state index < -0.39 is 9.84 Å². The minimum Gasteiger partial charge on any atom is -0.467 e. The van der Waals surface area contributed by atoms with Gasteiger partial charge >= 0.3 is 0 Å². The molecule has 1 aliphatic rings. The lowest BCUT2D eigenvalue weighted by atomic mass is 10.1. The van der Waals surface area contributed by atoms with Gasteiger partial charge in [0.2, 0.25) is 0 Å². The highest BCUT2D eigenvalue weighted by atomic mass is 32.2. The van der Waals surface area contributed by atoms with Crippen LogP contribution < -0.4 is 0 Å². The van der Waals surface area contributed by atoms with Crippen molar-refractivity contribution >= 4 is 15.7 Å². The van der Waals surface area contributed by atoms with E-state index in [2.05, 4.69) is 5.16 Å². The number of rotatable bonds is 4. The number of hydrogen-bond acceptors (Lipinski definition) is 6. The molecule has 1 fully saturated rings. The van der Waals surface area contributed by atoms with Gasteiger partial charge in [-0.3, -0.25) is 4.79 Å². The summed E-state index contributed by atoms with van der Waals surface area (Å²) in [6.07, 6.45) is 1.96. The van der Waals surface area contributed by atoms with Crippen LogP contribution in [0.1, 0.15) is 34.0 Å². The van der Waals surface area contributed by atoms with Crippen LogP contribution in [0.5, 0.6) is 0 Å². The van der Waals surface area contributed by atoms with E-state index >= 15 is 0 Å². The number of furan rings is 1. The molecule has 1 aliphatic heterocycles. The Bertz CT molecular complexity index is 788. The summed E-state index contributed by atoms with van der Waals surface area (Å²) in [4.78, 5) is 14.5. The number of carbonyl (C=O) groups is 1. The molecule has 0 unspecified atom stereocenters. The van der Waals surface area contributed by atoms with Crippen molar-refractivity contribution in [2.75, 3.05) is 11.5 Å². The topological polar surface area (TPSA) is 93.6 Å². The van der Waals surface area contributed by atoms with Crippen molar-refractivity contribution in [3.63, 3.8) is 0 Å². The van der Waals surface area contributed by atoms with Crippen LogP contribution in [0.3, 0.4) is 0 Å². The van der Waals surface area contributed by atoms with Crippen molar-refractivity contribution in [2.45, 2.75) is 32.9 Å². The summed E-state index contributed by atoms with van der Waals surface area (Å²) < 4.78 is 34.0. The van der Waals surface area contributed by atoms with E-state index in [9.17, 15) is 13.2 Å². The van der Waals surface area contributed by atoms with Gasteiger partial charge in [0.15, 0.2) is 9.84 Å². The average molecular weight is 338 g/mol. The second-order valence-corrected chi connectivity index (χ2v) is 8.00. The maximum atomic E-state index is 13.0. The number of aryl methyl sites for hydroxylation is 2. The Morgan fingerprint density at radius 3 is 2.74 bits per heavy atom. The van der Waals surface area contributed by atoms with Crippen LogP contribution in [0.2, 0.25) is 0 Å². The summed E-state index contributed by atoms with van der Waals surface area (Å²) in [6.45, 7) is 3.58. The largest absolute Gasteiger partial charge is 0.467 e.